The Balaban J connectivity index is 1.77. The summed E-state index contributed by atoms with van der Waals surface area (Å²) in [6.07, 6.45) is 2.38. The van der Waals surface area contributed by atoms with Crippen molar-refractivity contribution in [1.82, 2.24) is 19.1 Å². The predicted octanol–water partition coefficient (Wildman–Crippen LogP) is 3.76. The molecule has 0 bridgehead atoms. The monoisotopic (exact) mass is 458 g/mol. The highest BCUT2D eigenvalue weighted by Gasteiger charge is 2.22. The molecular formula is C22H26N4O3S2. The summed E-state index contributed by atoms with van der Waals surface area (Å²) >= 11 is 1.61. The fourth-order valence-electron chi connectivity index (χ4n) is 3.50. The lowest BCUT2D eigenvalue weighted by Gasteiger charge is -2.14. The van der Waals surface area contributed by atoms with Crippen LogP contribution >= 0.6 is 11.8 Å². The van der Waals surface area contributed by atoms with Gasteiger partial charge in [-0.2, -0.15) is 0 Å². The predicted molar refractivity (Wildman–Crippen MR) is 122 cm³/mol. The van der Waals surface area contributed by atoms with Gasteiger partial charge in [0.05, 0.1) is 11.0 Å². The first-order valence-electron chi connectivity index (χ1n) is 10.2. The summed E-state index contributed by atoms with van der Waals surface area (Å²) < 4.78 is 34.2. The number of aromatic nitrogens is 3. The van der Waals surface area contributed by atoms with E-state index in [0.29, 0.717) is 11.4 Å². The van der Waals surface area contributed by atoms with E-state index in [1.165, 1.54) is 18.4 Å². The van der Waals surface area contributed by atoms with Crippen LogP contribution in [0.4, 0.5) is 0 Å². The van der Waals surface area contributed by atoms with Crippen LogP contribution in [0.5, 0.6) is 0 Å². The molecule has 2 heterocycles. The van der Waals surface area contributed by atoms with Crippen molar-refractivity contribution in [1.29, 1.82) is 0 Å². The Kier molecular flexibility index (Phi) is 6.47. The van der Waals surface area contributed by atoms with Gasteiger partial charge < -0.3 is 4.74 Å². The van der Waals surface area contributed by atoms with Crippen molar-refractivity contribution in [2.45, 2.75) is 35.9 Å². The minimum Gasteiger partial charge on any atom is -0.377 e. The average molecular weight is 459 g/mol. The van der Waals surface area contributed by atoms with Crippen LogP contribution in [0, 0.1) is 6.92 Å². The SMILES string of the molecule is Cc1cccc(-n2c(SC[C@H]3CCCO3)nnc2-c2cccc(S(=O)(=O)N(C)C)c2)c1. The molecule has 0 radical (unpaired) electrons. The third-order valence-electron chi connectivity index (χ3n) is 5.19. The van der Waals surface area contributed by atoms with Crippen LogP contribution in [0.2, 0.25) is 0 Å². The van der Waals surface area contributed by atoms with Crippen molar-refractivity contribution >= 4 is 21.8 Å². The van der Waals surface area contributed by atoms with E-state index in [2.05, 4.69) is 16.3 Å². The number of ether oxygens (including phenoxy) is 1. The summed E-state index contributed by atoms with van der Waals surface area (Å²) in [6, 6.07) is 15.0. The quantitative estimate of drug-likeness (QED) is 0.502. The molecule has 1 aliphatic rings. The van der Waals surface area contributed by atoms with Crippen LogP contribution in [0.15, 0.2) is 58.6 Å². The topological polar surface area (TPSA) is 77.3 Å². The zero-order chi connectivity index (χ0) is 22.0. The first kappa shape index (κ1) is 22.0. The second-order valence-electron chi connectivity index (χ2n) is 7.74. The van der Waals surface area contributed by atoms with Gasteiger partial charge in [-0.25, -0.2) is 12.7 Å². The summed E-state index contributed by atoms with van der Waals surface area (Å²) in [5.41, 5.74) is 2.76. The Morgan fingerprint density at radius 1 is 1.16 bits per heavy atom. The van der Waals surface area contributed by atoms with Crippen LogP contribution in [0.1, 0.15) is 18.4 Å². The largest absolute Gasteiger partial charge is 0.377 e. The van der Waals surface area contributed by atoms with Gasteiger partial charge >= 0.3 is 0 Å². The summed E-state index contributed by atoms with van der Waals surface area (Å²) in [5.74, 6) is 1.41. The number of rotatable bonds is 7. The maximum atomic E-state index is 12.6. The molecule has 1 aliphatic heterocycles. The molecule has 3 aromatic rings. The fraction of sp³-hybridized carbons (Fsp3) is 0.364. The van der Waals surface area contributed by atoms with Crippen molar-refractivity contribution in [3.8, 4) is 17.1 Å². The molecule has 0 aliphatic carbocycles. The molecule has 1 saturated heterocycles. The molecule has 7 nitrogen and oxygen atoms in total. The Morgan fingerprint density at radius 3 is 2.68 bits per heavy atom. The standard InChI is InChI=1S/C22H26N4O3S2/c1-16-7-4-9-18(13-16)26-21(23-24-22(26)30-15-19-10-6-12-29-19)17-8-5-11-20(14-17)31(27,28)25(2)3/h4-5,7-9,11,13-14,19H,6,10,12,15H2,1-3H3/t19-/m1/s1. The van der Waals surface area contributed by atoms with Gasteiger partial charge in [0.1, 0.15) is 0 Å². The van der Waals surface area contributed by atoms with Crippen LogP contribution in [-0.4, -0.2) is 60.0 Å². The van der Waals surface area contributed by atoms with Gasteiger partial charge in [0.2, 0.25) is 10.0 Å². The van der Waals surface area contributed by atoms with E-state index in [-0.39, 0.29) is 11.0 Å². The molecule has 1 aromatic heterocycles. The Labute approximate surface area is 187 Å². The van der Waals surface area contributed by atoms with E-state index in [4.69, 9.17) is 4.74 Å². The van der Waals surface area contributed by atoms with Gasteiger partial charge in [-0.3, -0.25) is 4.57 Å². The van der Waals surface area contributed by atoms with E-state index in [9.17, 15) is 8.42 Å². The van der Waals surface area contributed by atoms with Gasteiger partial charge in [-0.05, 0) is 49.6 Å². The van der Waals surface area contributed by atoms with E-state index in [1.807, 2.05) is 35.8 Å². The highest BCUT2D eigenvalue weighted by molar-refractivity contribution is 7.99. The first-order chi connectivity index (χ1) is 14.9. The molecule has 164 valence electrons. The lowest BCUT2D eigenvalue weighted by atomic mass is 10.2. The van der Waals surface area contributed by atoms with Gasteiger partial charge in [-0.1, -0.05) is 36.0 Å². The van der Waals surface area contributed by atoms with Crippen LogP contribution in [0.25, 0.3) is 17.1 Å². The maximum absolute atomic E-state index is 12.6. The third kappa shape index (κ3) is 4.69. The molecule has 0 spiro atoms. The molecule has 2 aromatic carbocycles. The molecular weight excluding hydrogens is 432 g/mol. The molecule has 1 atom stereocenters. The van der Waals surface area contributed by atoms with Crippen LogP contribution in [0.3, 0.4) is 0 Å². The van der Waals surface area contributed by atoms with E-state index >= 15 is 0 Å². The molecule has 0 N–H and O–H groups in total. The van der Waals surface area contributed by atoms with Gasteiger partial charge in [-0.15, -0.1) is 10.2 Å². The zero-order valence-electron chi connectivity index (χ0n) is 17.9. The second-order valence-corrected chi connectivity index (χ2v) is 10.9. The molecule has 0 saturated carbocycles. The van der Waals surface area contributed by atoms with Crippen molar-refractivity contribution in [2.24, 2.45) is 0 Å². The lowest BCUT2D eigenvalue weighted by Crippen LogP contribution is -2.22. The van der Waals surface area contributed by atoms with Crippen molar-refractivity contribution in [3.63, 3.8) is 0 Å². The first-order valence-corrected chi connectivity index (χ1v) is 12.6. The van der Waals surface area contributed by atoms with Crippen molar-refractivity contribution < 1.29 is 13.2 Å². The third-order valence-corrected chi connectivity index (χ3v) is 8.06. The summed E-state index contributed by atoms with van der Waals surface area (Å²) in [4.78, 5) is 0.224. The average Bonchev–Trinajstić information content (AvgIpc) is 3.42. The van der Waals surface area contributed by atoms with E-state index < -0.39 is 10.0 Å². The Hall–Kier alpha value is -2.20. The zero-order valence-corrected chi connectivity index (χ0v) is 19.5. The number of sulfonamides is 1. The van der Waals surface area contributed by atoms with Crippen molar-refractivity contribution in [2.75, 3.05) is 26.5 Å². The summed E-state index contributed by atoms with van der Waals surface area (Å²) in [7, 11) is -0.502. The molecule has 31 heavy (non-hydrogen) atoms. The van der Waals surface area contributed by atoms with Gasteiger partial charge in [0.15, 0.2) is 11.0 Å². The Bertz CT molecular complexity index is 1170. The number of nitrogens with zero attached hydrogens (tertiary/aromatic N) is 4. The minimum atomic E-state index is -3.55. The number of aryl methyl sites for hydroxylation is 1. The number of thioether (sulfide) groups is 1. The van der Waals surface area contributed by atoms with E-state index in [1.54, 1.807) is 30.0 Å². The highest BCUT2D eigenvalue weighted by Crippen LogP contribution is 2.31. The van der Waals surface area contributed by atoms with Gasteiger partial charge in [0.25, 0.3) is 0 Å². The molecule has 9 heteroatoms. The molecule has 1 fully saturated rings. The maximum Gasteiger partial charge on any atom is 0.242 e. The molecule has 0 unspecified atom stereocenters. The molecule has 4 rings (SSSR count). The Morgan fingerprint density at radius 2 is 1.97 bits per heavy atom. The lowest BCUT2D eigenvalue weighted by molar-refractivity contribution is 0.129. The number of hydrogen-bond donors (Lipinski definition) is 0. The smallest absolute Gasteiger partial charge is 0.242 e. The number of benzene rings is 2. The van der Waals surface area contributed by atoms with Crippen LogP contribution < -0.4 is 0 Å². The van der Waals surface area contributed by atoms with E-state index in [0.717, 1.165) is 41.6 Å². The summed E-state index contributed by atoms with van der Waals surface area (Å²) in [6.45, 7) is 2.85. The molecule has 0 amide bonds. The van der Waals surface area contributed by atoms with Crippen LogP contribution in [-0.2, 0) is 14.8 Å². The van der Waals surface area contributed by atoms with Crippen molar-refractivity contribution in [3.05, 3.63) is 54.1 Å². The highest BCUT2D eigenvalue weighted by atomic mass is 32.2. The minimum absolute atomic E-state index is 0.224. The fourth-order valence-corrected chi connectivity index (χ4v) is 5.47. The summed E-state index contributed by atoms with van der Waals surface area (Å²) in [5, 5.41) is 9.66. The van der Waals surface area contributed by atoms with Gasteiger partial charge in [0, 0.05) is 37.7 Å². The number of hydrogen-bond acceptors (Lipinski definition) is 6. The normalized spacial score (nSPS) is 16.8. The second kappa shape index (κ2) is 9.12.